The van der Waals surface area contributed by atoms with Crippen molar-refractivity contribution in [3.05, 3.63) is 95.1 Å². The second-order valence-electron chi connectivity index (χ2n) is 16.8. The summed E-state index contributed by atoms with van der Waals surface area (Å²) in [6.45, 7) is 5.10. The SMILES string of the molecule is COC(=O)CCCSSC(C)(C)COC(=O)N1C[C@@H]2Cc3ccccc3N2C(=O)c2cc(OC)c(OCCCCCOc3cc4c(cc3OC)C(=O)N3c5ccccc5C[C@H]3C=N4)cc21. The van der Waals surface area contributed by atoms with Gasteiger partial charge < -0.3 is 33.3 Å². The van der Waals surface area contributed by atoms with E-state index in [1.165, 1.54) is 14.2 Å². The van der Waals surface area contributed by atoms with Crippen molar-refractivity contribution in [2.75, 3.05) is 68.1 Å². The zero-order chi connectivity index (χ0) is 45.7. The van der Waals surface area contributed by atoms with Crippen LogP contribution < -0.4 is 33.6 Å². The van der Waals surface area contributed by atoms with Gasteiger partial charge >= 0.3 is 12.1 Å². The molecule has 0 saturated heterocycles. The standard InChI is InChI=1S/C49H54N4O10S2/c1-49(2,65-64-21-13-18-45(54)60-5)30-63-48(57)51-29-34-23-32-15-8-10-17-39(32)53(34)47(56)36-25-42(59-4)44(27-40(36)51)62-20-12-6-11-19-61-43-26-37-35(24-41(43)58-3)46(55)52-33(28-50-37)22-31-14-7-9-16-38(31)52/h7-10,14-17,24-28,33-34H,6,11-13,18-23,29-30H2,1-5H3/t33-,34-/m0/s1. The van der Waals surface area contributed by atoms with Crippen molar-refractivity contribution in [1.29, 1.82) is 0 Å². The minimum absolute atomic E-state index is 0.121. The fraction of sp³-hybridized carbons (Fsp3) is 0.408. The maximum absolute atomic E-state index is 14.4. The maximum Gasteiger partial charge on any atom is 0.414 e. The molecule has 0 aromatic heterocycles. The van der Waals surface area contributed by atoms with Crippen LogP contribution in [0.3, 0.4) is 0 Å². The van der Waals surface area contributed by atoms with Crippen molar-refractivity contribution in [3.8, 4) is 23.0 Å². The topological polar surface area (TPSA) is 146 Å². The van der Waals surface area contributed by atoms with Crippen LogP contribution in [0.5, 0.6) is 23.0 Å². The van der Waals surface area contributed by atoms with Gasteiger partial charge in [-0.15, -0.1) is 0 Å². The lowest BCUT2D eigenvalue weighted by molar-refractivity contribution is -0.140. The Labute approximate surface area is 387 Å². The van der Waals surface area contributed by atoms with Crippen molar-refractivity contribution >= 4 is 74.4 Å². The molecular formula is C49H54N4O10S2. The van der Waals surface area contributed by atoms with Crippen molar-refractivity contribution in [2.45, 2.75) is 75.6 Å². The second-order valence-corrected chi connectivity index (χ2v) is 19.9. The van der Waals surface area contributed by atoms with Gasteiger partial charge in [-0.1, -0.05) is 58.0 Å². The monoisotopic (exact) mass is 922 g/mol. The number of methoxy groups -OCH3 is 3. The molecule has 4 aliphatic heterocycles. The predicted octanol–water partition coefficient (Wildman–Crippen LogP) is 9.26. The molecule has 8 rings (SSSR count). The van der Waals surface area contributed by atoms with E-state index in [1.54, 1.807) is 62.8 Å². The number of unbranched alkanes of at least 4 members (excludes halogenated alkanes) is 2. The van der Waals surface area contributed by atoms with E-state index in [-0.39, 0.29) is 43.0 Å². The Hall–Kier alpha value is -5.87. The van der Waals surface area contributed by atoms with Gasteiger partial charge in [0.15, 0.2) is 23.0 Å². The summed E-state index contributed by atoms with van der Waals surface area (Å²) < 4.78 is 34.3. The van der Waals surface area contributed by atoms with Crippen molar-refractivity contribution < 1.29 is 47.6 Å². The van der Waals surface area contributed by atoms with Gasteiger partial charge in [0, 0.05) is 48.3 Å². The van der Waals surface area contributed by atoms with E-state index in [4.69, 9.17) is 33.4 Å². The highest BCUT2D eigenvalue weighted by Crippen LogP contribution is 2.44. The number of benzene rings is 4. The average molecular weight is 923 g/mol. The van der Waals surface area contributed by atoms with Crippen LogP contribution in [0.15, 0.2) is 77.8 Å². The van der Waals surface area contributed by atoms with Gasteiger partial charge in [-0.3, -0.25) is 29.2 Å². The number of fused-ring (bicyclic) bond motifs is 8. The number of rotatable bonds is 18. The summed E-state index contributed by atoms with van der Waals surface area (Å²) in [5.41, 5.74) is 5.60. The first-order valence-corrected chi connectivity index (χ1v) is 24.2. The van der Waals surface area contributed by atoms with Gasteiger partial charge in [0.2, 0.25) is 0 Å². The van der Waals surface area contributed by atoms with Gasteiger partial charge in [-0.25, -0.2) is 4.79 Å². The molecule has 4 aromatic carbocycles. The minimum Gasteiger partial charge on any atom is -0.493 e. The number of amides is 3. The third-order valence-corrected chi connectivity index (χ3v) is 15.2. The summed E-state index contributed by atoms with van der Waals surface area (Å²) in [6, 6.07) is 22.2. The number of ether oxygens (including phenoxy) is 6. The lowest BCUT2D eigenvalue weighted by Gasteiger charge is -2.28. The van der Waals surface area contributed by atoms with Crippen LogP contribution in [-0.4, -0.2) is 100 Å². The van der Waals surface area contributed by atoms with Gasteiger partial charge in [-0.05, 0) is 81.3 Å². The van der Waals surface area contributed by atoms with Gasteiger partial charge in [0.1, 0.15) is 6.61 Å². The summed E-state index contributed by atoms with van der Waals surface area (Å²) in [5.74, 6) is 1.92. The Morgan fingerprint density at radius 1 is 0.738 bits per heavy atom. The summed E-state index contributed by atoms with van der Waals surface area (Å²) >= 11 is 0. The molecule has 4 aromatic rings. The molecule has 0 radical (unpaired) electrons. The Morgan fingerprint density at radius 2 is 1.37 bits per heavy atom. The van der Waals surface area contributed by atoms with E-state index < -0.39 is 10.8 Å². The first-order valence-electron chi connectivity index (χ1n) is 21.9. The molecule has 0 N–H and O–H groups in total. The Bertz CT molecular complexity index is 2480. The van der Waals surface area contributed by atoms with Gasteiger partial charge in [0.05, 0.1) is 80.4 Å². The number of hydrogen-bond acceptors (Lipinski definition) is 13. The molecule has 2 atom stereocenters. The molecule has 0 unspecified atom stereocenters. The van der Waals surface area contributed by atoms with E-state index in [1.807, 2.05) is 73.5 Å². The molecule has 342 valence electrons. The first-order chi connectivity index (χ1) is 31.5. The Kier molecular flexibility index (Phi) is 14.1. The number of para-hydroxylation sites is 2. The van der Waals surface area contributed by atoms with E-state index in [0.29, 0.717) is 97.2 Å². The van der Waals surface area contributed by atoms with Crippen LogP contribution in [0.1, 0.15) is 77.8 Å². The molecule has 4 heterocycles. The van der Waals surface area contributed by atoms with E-state index in [2.05, 4.69) is 0 Å². The first kappa shape index (κ1) is 45.7. The second kappa shape index (κ2) is 20.1. The van der Waals surface area contributed by atoms with E-state index >= 15 is 0 Å². The van der Waals surface area contributed by atoms with Crippen LogP contribution >= 0.6 is 21.6 Å². The molecule has 0 bridgehead atoms. The molecule has 14 nitrogen and oxygen atoms in total. The molecule has 3 amide bonds. The van der Waals surface area contributed by atoms with E-state index in [0.717, 1.165) is 34.7 Å². The number of aliphatic imine (C=N–C) groups is 1. The van der Waals surface area contributed by atoms with Crippen molar-refractivity contribution in [3.63, 3.8) is 0 Å². The fourth-order valence-electron chi connectivity index (χ4n) is 8.56. The van der Waals surface area contributed by atoms with Gasteiger partial charge in [0.25, 0.3) is 11.8 Å². The van der Waals surface area contributed by atoms with E-state index in [9.17, 15) is 19.2 Å². The predicted molar refractivity (Wildman–Crippen MR) is 255 cm³/mol. The van der Waals surface area contributed by atoms with Crippen LogP contribution in [0.4, 0.5) is 27.5 Å². The maximum atomic E-state index is 14.4. The molecule has 16 heteroatoms. The third-order valence-electron chi connectivity index (χ3n) is 11.8. The molecule has 0 saturated carbocycles. The molecule has 65 heavy (non-hydrogen) atoms. The zero-order valence-electron chi connectivity index (χ0n) is 37.3. The van der Waals surface area contributed by atoms with Gasteiger partial charge in [-0.2, -0.15) is 0 Å². The highest BCUT2D eigenvalue weighted by Gasteiger charge is 2.43. The zero-order valence-corrected chi connectivity index (χ0v) is 39.0. The van der Waals surface area contributed by atoms with Crippen LogP contribution in [0.2, 0.25) is 0 Å². The summed E-state index contributed by atoms with van der Waals surface area (Å²) in [7, 11) is 7.68. The minimum atomic E-state index is -0.562. The summed E-state index contributed by atoms with van der Waals surface area (Å²) in [6.07, 6.45) is 5.80. The average Bonchev–Trinajstić information content (AvgIpc) is 3.81. The molecule has 0 fully saturated rings. The highest BCUT2D eigenvalue weighted by atomic mass is 33.1. The van der Waals surface area contributed by atoms with Crippen LogP contribution in [0, 0.1) is 0 Å². The Balaban J connectivity index is 0.904. The lowest BCUT2D eigenvalue weighted by atomic mass is 10.1. The smallest absolute Gasteiger partial charge is 0.414 e. The normalized spacial score (nSPS) is 16.9. The fourth-order valence-corrected chi connectivity index (χ4v) is 11.0. The largest absolute Gasteiger partial charge is 0.493 e. The summed E-state index contributed by atoms with van der Waals surface area (Å²) in [5, 5.41) is 0. The van der Waals surface area contributed by atoms with Crippen LogP contribution in [0.25, 0.3) is 0 Å². The van der Waals surface area contributed by atoms with Crippen molar-refractivity contribution in [2.24, 2.45) is 4.99 Å². The quantitative estimate of drug-likeness (QED) is 0.0533. The third kappa shape index (κ3) is 9.88. The van der Waals surface area contributed by atoms with Crippen LogP contribution in [-0.2, 0) is 27.1 Å². The molecule has 4 aliphatic rings. The highest BCUT2D eigenvalue weighted by molar-refractivity contribution is 8.77. The Morgan fingerprint density at radius 3 is 2.06 bits per heavy atom. The molecule has 0 aliphatic carbocycles. The van der Waals surface area contributed by atoms with Crippen molar-refractivity contribution in [1.82, 2.24) is 0 Å². The molecule has 0 spiro atoms. The number of esters is 1. The number of nitrogens with zero attached hydrogens (tertiary/aromatic N) is 4. The lowest BCUT2D eigenvalue weighted by Crippen LogP contribution is -2.44. The number of anilines is 3. The number of carbonyl (C=O) groups excluding carboxylic acids is 4. The molecular weight excluding hydrogens is 869 g/mol. The number of carbonyl (C=O) groups is 4. The number of hydrogen-bond donors (Lipinski definition) is 0. The summed E-state index contributed by atoms with van der Waals surface area (Å²) in [4.78, 5) is 63.8.